The Morgan fingerprint density at radius 2 is 1.76 bits per heavy atom. The molecule has 3 atom stereocenters. The average molecular weight is 300 g/mol. The predicted octanol–water partition coefficient (Wildman–Crippen LogP) is 1.93. The highest BCUT2D eigenvalue weighted by atomic mass is 16.3. The maximum atomic E-state index is 9.60. The Labute approximate surface area is 131 Å². The van der Waals surface area contributed by atoms with E-state index < -0.39 is 0 Å². The number of nitrogens with one attached hydrogen (secondary N) is 1. The van der Waals surface area contributed by atoms with Gasteiger partial charge in [0.25, 0.3) is 0 Å². The van der Waals surface area contributed by atoms with E-state index in [4.69, 9.17) is 0 Å². The topological polar surface area (TPSA) is 38.7 Å². The van der Waals surface area contributed by atoms with Gasteiger partial charge in [0, 0.05) is 36.8 Å². The Balaban J connectivity index is 2.27. The minimum atomic E-state index is -0.128. The van der Waals surface area contributed by atoms with Crippen LogP contribution in [0.15, 0.2) is 0 Å². The Hall–Kier alpha value is -0.160. The van der Waals surface area contributed by atoms with E-state index in [1.54, 1.807) is 0 Å². The lowest BCUT2D eigenvalue weighted by Crippen LogP contribution is -2.55. The number of aliphatic hydroxyl groups is 1. The Kier molecular flexibility index (Phi) is 7.62. The van der Waals surface area contributed by atoms with Crippen molar-refractivity contribution in [3.63, 3.8) is 0 Å². The first-order valence-electron chi connectivity index (χ1n) is 8.60. The molecule has 4 nitrogen and oxygen atoms in total. The SMILES string of the molecule is CC(C)NC(C)(CO)CCCCN1CC(C)N(C)C(C)C1. The third kappa shape index (κ3) is 6.23. The highest BCUT2D eigenvalue weighted by molar-refractivity contribution is 4.85. The molecule has 1 aliphatic rings. The molecule has 1 heterocycles. The second-order valence-corrected chi connectivity index (χ2v) is 7.60. The van der Waals surface area contributed by atoms with Crippen molar-refractivity contribution in [2.45, 2.75) is 77.5 Å². The number of nitrogens with zero attached hydrogens (tertiary/aromatic N) is 2. The van der Waals surface area contributed by atoms with Crippen LogP contribution in [0.1, 0.15) is 53.9 Å². The van der Waals surface area contributed by atoms with Crippen molar-refractivity contribution in [1.82, 2.24) is 15.1 Å². The molecule has 0 aliphatic carbocycles. The minimum Gasteiger partial charge on any atom is -0.394 e. The Morgan fingerprint density at radius 3 is 2.24 bits per heavy atom. The normalized spacial score (nSPS) is 28.0. The zero-order valence-corrected chi connectivity index (χ0v) is 15.0. The van der Waals surface area contributed by atoms with Crippen LogP contribution >= 0.6 is 0 Å². The minimum absolute atomic E-state index is 0.128. The van der Waals surface area contributed by atoms with E-state index in [-0.39, 0.29) is 12.1 Å². The van der Waals surface area contributed by atoms with Crippen molar-refractivity contribution in [1.29, 1.82) is 0 Å². The summed E-state index contributed by atoms with van der Waals surface area (Å²) in [6, 6.07) is 1.72. The lowest BCUT2D eigenvalue weighted by molar-refractivity contribution is 0.0583. The zero-order valence-electron chi connectivity index (χ0n) is 15.0. The third-order valence-corrected chi connectivity index (χ3v) is 4.87. The number of hydrogen-bond acceptors (Lipinski definition) is 4. The summed E-state index contributed by atoms with van der Waals surface area (Å²) in [5, 5.41) is 13.1. The van der Waals surface area contributed by atoms with Crippen molar-refractivity contribution in [2.75, 3.05) is 33.3 Å². The molecule has 0 spiro atoms. The third-order valence-electron chi connectivity index (χ3n) is 4.87. The van der Waals surface area contributed by atoms with Crippen molar-refractivity contribution >= 4 is 0 Å². The van der Waals surface area contributed by atoms with Crippen molar-refractivity contribution in [2.24, 2.45) is 0 Å². The summed E-state index contributed by atoms with van der Waals surface area (Å²) >= 11 is 0. The molecule has 1 rings (SSSR count). The summed E-state index contributed by atoms with van der Waals surface area (Å²) < 4.78 is 0. The molecule has 126 valence electrons. The van der Waals surface area contributed by atoms with Gasteiger partial charge < -0.3 is 15.3 Å². The van der Waals surface area contributed by atoms with Gasteiger partial charge in [0.15, 0.2) is 0 Å². The molecule has 4 heteroatoms. The van der Waals surface area contributed by atoms with Gasteiger partial charge in [0.05, 0.1) is 6.61 Å². The molecular weight excluding hydrogens is 262 g/mol. The van der Waals surface area contributed by atoms with Gasteiger partial charge in [0.1, 0.15) is 0 Å². The van der Waals surface area contributed by atoms with Gasteiger partial charge in [0.2, 0.25) is 0 Å². The summed E-state index contributed by atoms with van der Waals surface area (Å²) in [6.45, 7) is 14.8. The lowest BCUT2D eigenvalue weighted by atomic mass is 9.94. The van der Waals surface area contributed by atoms with Crippen LogP contribution < -0.4 is 5.32 Å². The number of aliphatic hydroxyl groups excluding tert-OH is 1. The average Bonchev–Trinajstić information content (AvgIpc) is 2.40. The molecule has 1 fully saturated rings. The molecule has 3 unspecified atom stereocenters. The van der Waals surface area contributed by atoms with Gasteiger partial charge in [-0.2, -0.15) is 0 Å². The van der Waals surface area contributed by atoms with Gasteiger partial charge in [-0.25, -0.2) is 0 Å². The van der Waals surface area contributed by atoms with E-state index in [0.717, 1.165) is 6.42 Å². The fourth-order valence-electron chi connectivity index (χ4n) is 3.44. The van der Waals surface area contributed by atoms with E-state index in [1.165, 1.54) is 32.5 Å². The molecule has 0 aromatic heterocycles. The van der Waals surface area contributed by atoms with Gasteiger partial charge in [-0.3, -0.25) is 4.90 Å². The quantitative estimate of drug-likeness (QED) is 0.672. The van der Waals surface area contributed by atoms with E-state index in [2.05, 4.69) is 56.8 Å². The summed E-state index contributed by atoms with van der Waals surface area (Å²) in [7, 11) is 2.23. The van der Waals surface area contributed by atoms with Gasteiger partial charge in [-0.1, -0.05) is 20.3 Å². The van der Waals surface area contributed by atoms with Crippen LogP contribution in [-0.4, -0.2) is 71.9 Å². The number of piperazine rings is 1. The standard InChI is InChI=1S/C17H37N3O/c1-14(2)18-17(5,13-21)9-7-8-10-20-11-15(3)19(6)16(4)12-20/h14-16,18,21H,7-13H2,1-6H3. The van der Waals surface area contributed by atoms with Gasteiger partial charge in [-0.15, -0.1) is 0 Å². The summed E-state index contributed by atoms with van der Waals surface area (Å²) in [6.07, 6.45) is 3.44. The summed E-state index contributed by atoms with van der Waals surface area (Å²) in [5.74, 6) is 0. The lowest BCUT2D eigenvalue weighted by Gasteiger charge is -2.42. The number of hydrogen-bond donors (Lipinski definition) is 2. The Morgan fingerprint density at radius 1 is 1.19 bits per heavy atom. The van der Waals surface area contributed by atoms with Crippen LogP contribution in [0.4, 0.5) is 0 Å². The fourth-order valence-corrected chi connectivity index (χ4v) is 3.44. The molecule has 0 bridgehead atoms. The second kappa shape index (κ2) is 8.47. The zero-order chi connectivity index (χ0) is 16.0. The molecular formula is C17H37N3O. The molecule has 0 aromatic carbocycles. The smallest absolute Gasteiger partial charge is 0.0610 e. The largest absolute Gasteiger partial charge is 0.394 e. The van der Waals surface area contributed by atoms with Crippen LogP contribution in [0.5, 0.6) is 0 Å². The number of unbranched alkanes of at least 4 members (excludes halogenated alkanes) is 1. The monoisotopic (exact) mass is 299 g/mol. The van der Waals surface area contributed by atoms with Crippen LogP contribution in [0.3, 0.4) is 0 Å². The van der Waals surface area contributed by atoms with Crippen molar-refractivity contribution in [3.8, 4) is 0 Å². The van der Waals surface area contributed by atoms with Crippen molar-refractivity contribution in [3.05, 3.63) is 0 Å². The van der Waals surface area contributed by atoms with E-state index in [0.29, 0.717) is 18.1 Å². The summed E-state index contributed by atoms with van der Waals surface area (Å²) in [4.78, 5) is 5.08. The maximum Gasteiger partial charge on any atom is 0.0610 e. The molecule has 21 heavy (non-hydrogen) atoms. The molecule has 0 amide bonds. The first-order valence-corrected chi connectivity index (χ1v) is 8.60. The molecule has 1 aliphatic heterocycles. The van der Waals surface area contributed by atoms with E-state index >= 15 is 0 Å². The van der Waals surface area contributed by atoms with Crippen LogP contribution in [0.2, 0.25) is 0 Å². The van der Waals surface area contributed by atoms with Crippen LogP contribution in [0, 0.1) is 0 Å². The van der Waals surface area contributed by atoms with Gasteiger partial charge >= 0.3 is 0 Å². The first-order chi connectivity index (χ1) is 9.77. The molecule has 0 saturated carbocycles. The predicted molar refractivity (Wildman–Crippen MR) is 90.7 cm³/mol. The fraction of sp³-hybridized carbons (Fsp3) is 1.00. The number of rotatable bonds is 8. The summed E-state index contributed by atoms with van der Waals surface area (Å²) in [5.41, 5.74) is -0.128. The first kappa shape index (κ1) is 18.9. The van der Waals surface area contributed by atoms with Crippen molar-refractivity contribution < 1.29 is 5.11 Å². The second-order valence-electron chi connectivity index (χ2n) is 7.60. The van der Waals surface area contributed by atoms with Crippen LogP contribution in [-0.2, 0) is 0 Å². The molecule has 2 N–H and O–H groups in total. The van der Waals surface area contributed by atoms with E-state index in [9.17, 15) is 5.11 Å². The Bertz CT molecular complexity index is 286. The molecule has 0 radical (unpaired) electrons. The number of likely N-dealkylation sites (N-methyl/N-ethyl adjacent to an activating group) is 1. The van der Waals surface area contributed by atoms with Crippen LogP contribution in [0.25, 0.3) is 0 Å². The highest BCUT2D eigenvalue weighted by Crippen LogP contribution is 2.17. The highest BCUT2D eigenvalue weighted by Gasteiger charge is 2.26. The molecule has 1 saturated heterocycles. The van der Waals surface area contributed by atoms with E-state index in [1.807, 2.05) is 0 Å². The molecule has 0 aromatic rings. The maximum absolute atomic E-state index is 9.60. The van der Waals surface area contributed by atoms with Gasteiger partial charge in [-0.05, 0) is 47.2 Å².